The molecule has 0 bridgehead atoms. The second-order valence-electron chi connectivity index (χ2n) is 9.88. The van der Waals surface area contributed by atoms with E-state index < -0.39 is 0 Å². The maximum Gasteiger partial charge on any atom is 0.302 e. The smallest absolute Gasteiger partial charge is 0.302 e. The van der Waals surface area contributed by atoms with Gasteiger partial charge in [0.1, 0.15) is 6.10 Å². The average Bonchev–Trinajstić information content (AvgIpc) is 2.90. The Kier molecular flexibility index (Phi) is 4.02. The van der Waals surface area contributed by atoms with Gasteiger partial charge in [0.25, 0.3) is 0 Å². The summed E-state index contributed by atoms with van der Waals surface area (Å²) in [6.45, 7) is 6.46. The SMILES string of the molecule is CC(=O)O[C@@H]1CC[C@]2(C)[C@@H]3CC[C@]4(C)CCC[C@@H]4[C@@H]3C[C@H](O)[C@H]2C1. The molecule has 4 saturated carbocycles. The molecule has 3 heteroatoms. The zero-order chi connectivity index (χ0) is 17.1. The Morgan fingerprint density at radius 3 is 2.54 bits per heavy atom. The molecule has 3 nitrogen and oxygen atoms in total. The molecule has 136 valence electrons. The lowest BCUT2D eigenvalue weighted by Gasteiger charge is -2.61. The summed E-state index contributed by atoms with van der Waals surface area (Å²) in [6, 6.07) is 0. The number of ether oxygens (including phenoxy) is 1. The molecule has 0 aromatic rings. The second kappa shape index (κ2) is 5.72. The summed E-state index contributed by atoms with van der Waals surface area (Å²) >= 11 is 0. The molecule has 0 spiro atoms. The molecular formula is C21H34O3. The maximum atomic E-state index is 11.3. The van der Waals surface area contributed by atoms with Gasteiger partial charge in [0.2, 0.25) is 0 Å². The Labute approximate surface area is 146 Å². The monoisotopic (exact) mass is 334 g/mol. The lowest BCUT2D eigenvalue weighted by Crippen LogP contribution is -2.58. The van der Waals surface area contributed by atoms with Crippen LogP contribution in [0.15, 0.2) is 0 Å². The van der Waals surface area contributed by atoms with Crippen molar-refractivity contribution in [1.82, 2.24) is 0 Å². The largest absolute Gasteiger partial charge is 0.463 e. The van der Waals surface area contributed by atoms with Crippen LogP contribution in [0.1, 0.15) is 78.6 Å². The first-order valence-electron chi connectivity index (χ1n) is 10.2. The van der Waals surface area contributed by atoms with Crippen LogP contribution >= 0.6 is 0 Å². The summed E-state index contributed by atoms with van der Waals surface area (Å²) in [4.78, 5) is 11.3. The number of carbonyl (C=O) groups excluding carboxylic acids is 1. The number of aliphatic hydroxyl groups excluding tert-OH is 1. The third-order valence-corrected chi connectivity index (χ3v) is 8.74. The van der Waals surface area contributed by atoms with E-state index in [0.29, 0.717) is 17.3 Å². The molecule has 24 heavy (non-hydrogen) atoms. The first kappa shape index (κ1) is 16.9. The molecule has 0 aliphatic heterocycles. The number of fused-ring (bicyclic) bond motifs is 5. The summed E-state index contributed by atoms with van der Waals surface area (Å²) in [5, 5.41) is 11.0. The molecule has 0 aromatic heterocycles. The minimum absolute atomic E-state index is 0.0205. The van der Waals surface area contributed by atoms with E-state index in [1.54, 1.807) is 0 Å². The molecule has 1 N–H and O–H groups in total. The molecule has 0 unspecified atom stereocenters. The molecule has 4 fully saturated rings. The average molecular weight is 335 g/mol. The zero-order valence-electron chi connectivity index (χ0n) is 15.6. The Hall–Kier alpha value is -0.570. The number of hydrogen-bond acceptors (Lipinski definition) is 3. The third kappa shape index (κ3) is 2.45. The van der Waals surface area contributed by atoms with Crippen molar-refractivity contribution in [1.29, 1.82) is 0 Å². The standard InChI is InChI=1S/C21H34O3/c1-13(22)24-14-6-10-21(3)17-7-9-20(2)8-4-5-16(20)15(17)12-19(23)18(21)11-14/h14-19,23H,4-12H2,1-3H3/t14-,15+,16-,17-,18-,19+,20+,21-/m1/s1. The van der Waals surface area contributed by atoms with E-state index in [0.717, 1.165) is 37.5 Å². The van der Waals surface area contributed by atoms with Crippen LogP contribution in [0.5, 0.6) is 0 Å². The van der Waals surface area contributed by atoms with Gasteiger partial charge < -0.3 is 9.84 Å². The minimum Gasteiger partial charge on any atom is -0.463 e. The maximum absolute atomic E-state index is 11.3. The number of aliphatic hydroxyl groups is 1. The lowest BCUT2D eigenvalue weighted by molar-refractivity contribution is -0.179. The summed E-state index contributed by atoms with van der Waals surface area (Å²) in [5.74, 6) is 2.44. The van der Waals surface area contributed by atoms with Crippen LogP contribution in [-0.2, 0) is 9.53 Å². The molecule has 0 saturated heterocycles. The number of esters is 1. The van der Waals surface area contributed by atoms with E-state index in [9.17, 15) is 9.90 Å². The van der Waals surface area contributed by atoms with Crippen molar-refractivity contribution < 1.29 is 14.6 Å². The van der Waals surface area contributed by atoms with Crippen molar-refractivity contribution in [2.75, 3.05) is 0 Å². The molecule has 0 heterocycles. The fraction of sp³-hybridized carbons (Fsp3) is 0.952. The molecule has 0 radical (unpaired) electrons. The minimum atomic E-state index is -0.211. The van der Waals surface area contributed by atoms with Crippen molar-refractivity contribution in [3.05, 3.63) is 0 Å². The van der Waals surface area contributed by atoms with Gasteiger partial charge in [-0.25, -0.2) is 0 Å². The molecule has 0 amide bonds. The quantitative estimate of drug-likeness (QED) is 0.726. The summed E-state index contributed by atoms with van der Waals surface area (Å²) in [7, 11) is 0. The Morgan fingerprint density at radius 1 is 1.00 bits per heavy atom. The van der Waals surface area contributed by atoms with Gasteiger partial charge in [0, 0.05) is 6.92 Å². The van der Waals surface area contributed by atoms with E-state index >= 15 is 0 Å². The van der Waals surface area contributed by atoms with E-state index in [-0.39, 0.29) is 23.6 Å². The highest BCUT2D eigenvalue weighted by atomic mass is 16.5. The van der Waals surface area contributed by atoms with Crippen LogP contribution < -0.4 is 0 Å². The normalized spacial score (nSPS) is 53.7. The summed E-state index contributed by atoms with van der Waals surface area (Å²) in [5.41, 5.74) is 0.780. The summed E-state index contributed by atoms with van der Waals surface area (Å²) < 4.78 is 5.50. The van der Waals surface area contributed by atoms with Gasteiger partial charge in [0.05, 0.1) is 6.10 Å². The molecule has 0 aromatic carbocycles. The molecule has 4 aliphatic carbocycles. The van der Waals surface area contributed by atoms with Crippen molar-refractivity contribution in [2.45, 2.75) is 90.8 Å². The Morgan fingerprint density at radius 2 is 1.79 bits per heavy atom. The van der Waals surface area contributed by atoms with Crippen LogP contribution in [0.2, 0.25) is 0 Å². The highest BCUT2D eigenvalue weighted by Crippen LogP contribution is 2.66. The summed E-state index contributed by atoms with van der Waals surface area (Å²) in [6.07, 6.45) is 10.6. The first-order chi connectivity index (χ1) is 11.3. The van der Waals surface area contributed by atoms with Crippen molar-refractivity contribution >= 4 is 5.97 Å². The van der Waals surface area contributed by atoms with Crippen LogP contribution in [0.4, 0.5) is 0 Å². The fourth-order valence-electron chi connectivity index (χ4n) is 7.60. The Bertz CT molecular complexity index is 517. The number of rotatable bonds is 1. The van der Waals surface area contributed by atoms with Gasteiger partial charge in [-0.1, -0.05) is 20.3 Å². The van der Waals surface area contributed by atoms with Gasteiger partial charge in [-0.15, -0.1) is 0 Å². The van der Waals surface area contributed by atoms with Gasteiger partial charge in [-0.05, 0) is 85.9 Å². The highest BCUT2D eigenvalue weighted by Gasteiger charge is 2.60. The predicted octanol–water partition coefficient (Wildman–Crippen LogP) is 4.32. The van der Waals surface area contributed by atoms with Crippen molar-refractivity contribution in [2.24, 2.45) is 34.5 Å². The lowest BCUT2D eigenvalue weighted by atomic mass is 9.44. The first-order valence-corrected chi connectivity index (χ1v) is 10.2. The second-order valence-corrected chi connectivity index (χ2v) is 9.88. The van der Waals surface area contributed by atoms with Gasteiger partial charge in [-0.2, -0.15) is 0 Å². The highest BCUT2D eigenvalue weighted by molar-refractivity contribution is 5.66. The van der Waals surface area contributed by atoms with Gasteiger partial charge in [0.15, 0.2) is 0 Å². The third-order valence-electron chi connectivity index (χ3n) is 8.74. The van der Waals surface area contributed by atoms with Crippen molar-refractivity contribution in [3.63, 3.8) is 0 Å². The number of carbonyl (C=O) groups is 1. The van der Waals surface area contributed by atoms with Crippen LogP contribution in [-0.4, -0.2) is 23.3 Å². The number of hydrogen-bond donors (Lipinski definition) is 1. The topological polar surface area (TPSA) is 46.5 Å². The zero-order valence-corrected chi connectivity index (χ0v) is 15.6. The fourth-order valence-corrected chi connectivity index (χ4v) is 7.60. The van der Waals surface area contributed by atoms with Crippen LogP contribution in [0.25, 0.3) is 0 Å². The van der Waals surface area contributed by atoms with Crippen molar-refractivity contribution in [3.8, 4) is 0 Å². The molecule has 8 atom stereocenters. The Balaban J connectivity index is 1.58. The van der Waals surface area contributed by atoms with E-state index in [1.807, 2.05) is 0 Å². The molecule has 4 aliphatic rings. The van der Waals surface area contributed by atoms with Crippen LogP contribution in [0, 0.1) is 34.5 Å². The van der Waals surface area contributed by atoms with E-state index in [4.69, 9.17) is 4.74 Å². The van der Waals surface area contributed by atoms with E-state index in [1.165, 1.54) is 39.0 Å². The van der Waals surface area contributed by atoms with Gasteiger partial charge >= 0.3 is 5.97 Å². The molecule has 4 rings (SSSR count). The van der Waals surface area contributed by atoms with E-state index in [2.05, 4.69) is 13.8 Å². The van der Waals surface area contributed by atoms with Crippen LogP contribution in [0.3, 0.4) is 0 Å². The van der Waals surface area contributed by atoms with Gasteiger partial charge in [-0.3, -0.25) is 4.79 Å². The molecular weight excluding hydrogens is 300 g/mol. The predicted molar refractivity (Wildman–Crippen MR) is 93.3 cm³/mol.